The summed E-state index contributed by atoms with van der Waals surface area (Å²) in [6, 6.07) is 9.82. The zero-order chi connectivity index (χ0) is 22.2. The first-order valence-corrected chi connectivity index (χ1v) is 11.1. The van der Waals surface area contributed by atoms with Crippen LogP contribution in [0.15, 0.2) is 53.3 Å². The molecule has 0 aliphatic heterocycles. The number of amides is 2. The first-order valence-electron chi connectivity index (χ1n) is 9.24. The number of methoxy groups -OCH3 is 1. The molecule has 0 radical (unpaired) electrons. The van der Waals surface area contributed by atoms with Crippen LogP contribution >= 0.6 is 23.1 Å². The van der Waals surface area contributed by atoms with Gasteiger partial charge in [0.15, 0.2) is 5.16 Å². The molecule has 1 aromatic carbocycles. The highest BCUT2D eigenvalue weighted by Gasteiger charge is 2.21. The molecule has 11 heteroatoms. The third-order valence-electron chi connectivity index (χ3n) is 4.20. The summed E-state index contributed by atoms with van der Waals surface area (Å²) in [5.41, 5.74) is 0.863. The zero-order valence-corrected chi connectivity index (χ0v) is 18.5. The minimum absolute atomic E-state index is 0.0262. The maximum absolute atomic E-state index is 12.8. The number of rotatable bonds is 9. The number of carbonyl (C=O) groups excluding carboxylic acids is 3. The number of hydrogen-bond acceptors (Lipinski definition) is 8. The van der Waals surface area contributed by atoms with E-state index in [9.17, 15) is 14.4 Å². The predicted molar refractivity (Wildman–Crippen MR) is 118 cm³/mol. The normalized spacial score (nSPS) is 11.5. The summed E-state index contributed by atoms with van der Waals surface area (Å²) >= 11 is 2.71. The predicted octanol–water partition coefficient (Wildman–Crippen LogP) is 2.64. The van der Waals surface area contributed by atoms with Gasteiger partial charge in [-0.1, -0.05) is 23.9 Å². The Kier molecular flexibility index (Phi) is 7.79. The Bertz CT molecular complexity index is 1050. The molecule has 2 N–H and O–H groups in total. The maximum Gasteiger partial charge on any atom is 0.307 e. The van der Waals surface area contributed by atoms with E-state index in [1.165, 1.54) is 30.2 Å². The fourth-order valence-corrected chi connectivity index (χ4v) is 4.14. The Labute approximate surface area is 187 Å². The highest BCUT2D eigenvalue weighted by molar-refractivity contribution is 7.99. The Morgan fingerprint density at radius 1 is 1.26 bits per heavy atom. The van der Waals surface area contributed by atoms with Crippen LogP contribution in [0.1, 0.15) is 27.7 Å². The number of benzene rings is 1. The van der Waals surface area contributed by atoms with Gasteiger partial charge in [0.2, 0.25) is 5.91 Å². The molecule has 0 spiro atoms. The molecule has 0 bridgehead atoms. The molecule has 0 aliphatic carbocycles. The molecular formula is C20H21N5O4S2. The third kappa shape index (κ3) is 6.40. The van der Waals surface area contributed by atoms with Gasteiger partial charge < -0.3 is 19.9 Å². The van der Waals surface area contributed by atoms with E-state index in [4.69, 9.17) is 4.74 Å². The van der Waals surface area contributed by atoms with Crippen molar-refractivity contribution >= 4 is 46.6 Å². The Balaban J connectivity index is 1.62. The number of nitrogens with one attached hydrogen (secondary N) is 2. The van der Waals surface area contributed by atoms with Crippen LogP contribution in [0.25, 0.3) is 0 Å². The minimum atomic E-state index is -0.499. The number of anilines is 1. The van der Waals surface area contributed by atoms with E-state index in [1.807, 2.05) is 17.5 Å². The number of aryl methyl sites for hydroxylation is 1. The topological polar surface area (TPSA) is 115 Å². The van der Waals surface area contributed by atoms with E-state index in [0.717, 1.165) is 4.88 Å². The summed E-state index contributed by atoms with van der Waals surface area (Å²) < 4.78 is 6.46. The SMILES string of the molecule is COC(=O)CC(NC(=O)c1cccc(NC(=O)CSc2nncn2C)c1)c1cccs1. The fourth-order valence-electron chi connectivity index (χ4n) is 2.67. The van der Waals surface area contributed by atoms with Crippen LogP contribution in [0.3, 0.4) is 0 Å². The van der Waals surface area contributed by atoms with Crippen LogP contribution < -0.4 is 10.6 Å². The van der Waals surface area contributed by atoms with E-state index in [0.29, 0.717) is 16.4 Å². The first kappa shape index (κ1) is 22.5. The molecule has 0 saturated carbocycles. The molecule has 9 nitrogen and oxygen atoms in total. The molecule has 2 heterocycles. The van der Waals surface area contributed by atoms with Crippen molar-refractivity contribution in [2.24, 2.45) is 7.05 Å². The molecule has 162 valence electrons. The standard InChI is InChI=1S/C20H21N5O4S2/c1-25-12-21-24-20(25)31-11-17(26)22-14-6-3-5-13(9-14)19(28)23-15(10-18(27)29-2)16-7-4-8-30-16/h3-9,12,15H,10-11H2,1-2H3,(H,22,26)(H,23,28). The lowest BCUT2D eigenvalue weighted by molar-refractivity contribution is -0.141. The molecule has 1 atom stereocenters. The molecule has 3 rings (SSSR count). The van der Waals surface area contributed by atoms with Gasteiger partial charge in [0.05, 0.1) is 25.3 Å². The van der Waals surface area contributed by atoms with Crippen LogP contribution in [0.2, 0.25) is 0 Å². The Morgan fingerprint density at radius 2 is 2.10 bits per heavy atom. The molecule has 0 saturated heterocycles. The number of thiophene rings is 1. The van der Waals surface area contributed by atoms with Crippen LogP contribution in [-0.4, -0.2) is 45.4 Å². The second-order valence-corrected chi connectivity index (χ2v) is 8.39. The average molecular weight is 460 g/mol. The molecule has 1 unspecified atom stereocenters. The van der Waals surface area contributed by atoms with Gasteiger partial charge in [-0.15, -0.1) is 21.5 Å². The molecule has 0 aliphatic rings. The molecular weight excluding hydrogens is 438 g/mol. The van der Waals surface area contributed by atoms with E-state index in [-0.39, 0.29) is 24.0 Å². The number of ether oxygens (including phenoxy) is 1. The van der Waals surface area contributed by atoms with Gasteiger partial charge in [-0.3, -0.25) is 14.4 Å². The number of carbonyl (C=O) groups is 3. The van der Waals surface area contributed by atoms with Crippen molar-refractivity contribution in [3.63, 3.8) is 0 Å². The van der Waals surface area contributed by atoms with E-state index in [1.54, 1.807) is 42.2 Å². The lowest BCUT2D eigenvalue weighted by Crippen LogP contribution is -2.30. The average Bonchev–Trinajstić information content (AvgIpc) is 3.43. The van der Waals surface area contributed by atoms with E-state index >= 15 is 0 Å². The Hall–Kier alpha value is -3.18. The second kappa shape index (κ2) is 10.7. The maximum atomic E-state index is 12.8. The van der Waals surface area contributed by atoms with Crippen molar-refractivity contribution in [1.29, 1.82) is 0 Å². The van der Waals surface area contributed by atoms with Gasteiger partial charge in [-0.05, 0) is 29.6 Å². The van der Waals surface area contributed by atoms with Gasteiger partial charge in [-0.2, -0.15) is 0 Å². The largest absolute Gasteiger partial charge is 0.469 e. The number of esters is 1. The highest BCUT2D eigenvalue weighted by Crippen LogP contribution is 2.23. The van der Waals surface area contributed by atoms with Crippen molar-refractivity contribution in [1.82, 2.24) is 20.1 Å². The van der Waals surface area contributed by atoms with Gasteiger partial charge in [0.25, 0.3) is 5.91 Å². The lowest BCUT2D eigenvalue weighted by Gasteiger charge is -2.17. The fraction of sp³-hybridized carbons (Fsp3) is 0.250. The zero-order valence-electron chi connectivity index (χ0n) is 16.9. The van der Waals surface area contributed by atoms with Gasteiger partial charge >= 0.3 is 5.97 Å². The van der Waals surface area contributed by atoms with Crippen LogP contribution in [0, 0.1) is 0 Å². The molecule has 2 aromatic heterocycles. The summed E-state index contributed by atoms with van der Waals surface area (Å²) in [6.07, 6.45) is 1.59. The van der Waals surface area contributed by atoms with Crippen molar-refractivity contribution in [2.45, 2.75) is 17.6 Å². The smallest absolute Gasteiger partial charge is 0.307 e. The summed E-state index contributed by atoms with van der Waals surface area (Å²) in [6.45, 7) is 0. The Morgan fingerprint density at radius 3 is 2.77 bits per heavy atom. The van der Waals surface area contributed by atoms with Crippen LogP contribution in [-0.2, 0) is 21.4 Å². The second-order valence-electron chi connectivity index (χ2n) is 6.46. The monoisotopic (exact) mass is 459 g/mol. The van der Waals surface area contributed by atoms with Gasteiger partial charge in [0.1, 0.15) is 6.33 Å². The van der Waals surface area contributed by atoms with Crippen LogP contribution in [0.5, 0.6) is 0 Å². The number of hydrogen-bond donors (Lipinski definition) is 2. The lowest BCUT2D eigenvalue weighted by atomic mass is 10.1. The molecule has 31 heavy (non-hydrogen) atoms. The summed E-state index contributed by atoms with van der Waals surface area (Å²) in [5.74, 6) is -0.845. The molecule has 0 fully saturated rings. The first-order chi connectivity index (χ1) is 15.0. The summed E-state index contributed by atoms with van der Waals surface area (Å²) in [7, 11) is 3.11. The van der Waals surface area contributed by atoms with Gasteiger partial charge in [0, 0.05) is 23.2 Å². The van der Waals surface area contributed by atoms with E-state index < -0.39 is 12.0 Å². The van der Waals surface area contributed by atoms with Crippen LogP contribution in [0.4, 0.5) is 5.69 Å². The van der Waals surface area contributed by atoms with E-state index in [2.05, 4.69) is 20.8 Å². The molecule has 2 amide bonds. The number of nitrogens with zero attached hydrogens (tertiary/aromatic N) is 3. The highest BCUT2D eigenvalue weighted by atomic mass is 32.2. The van der Waals surface area contributed by atoms with Crippen molar-refractivity contribution in [2.75, 3.05) is 18.2 Å². The van der Waals surface area contributed by atoms with Crippen molar-refractivity contribution < 1.29 is 19.1 Å². The van der Waals surface area contributed by atoms with Crippen molar-refractivity contribution in [3.8, 4) is 0 Å². The third-order valence-corrected chi connectivity index (χ3v) is 6.22. The summed E-state index contributed by atoms with van der Waals surface area (Å²) in [4.78, 5) is 37.6. The van der Waals surface area contributed by atoms with Crippen molar-refractivity contribution in [3.05, 3.63) is 58.5 Å². The quantitative estimate of drug-likeness (QED) is 0.373. The minimum Gasteiger partial charge on any atom is -0.469 e. The summed E-state index contributed by atoms with van der Waals surface area (Å²) in [5, 5.41) is 15.8. The number of thioether (sulfide) groups is 1. The molecule has 3 aromatic rings. The van der Waals surface area contributed by atoms with Gasteiger partial charge in [-0.25, -0.2) is 0 Å². The number of aromatic nitrogens is 3.